The number of hydrogen-bond donors (Lipinski definition) is 2. The van der Waals surface area contributed by atoms with Crippen LogP contribution in [-0.4, -0.2) is 92.9 Å². The Labute approximate surface area is 248 Å². The first-order valence-electron chi connectivity index (χ1n) is 15.8. The van der Waals surface area contributed by atoms with E-state index in [0.29, 0.717) is 24.3 Å². The van der Waals surface area contributed by atoms with Gasteiger partial charge in [-0.1, -0.05) is 19.1 Å². The molecule has 6 fully saturated rings. The van der Waals surface area contributed by atoms with Crippen molar-refractivity contribution in [2.45, 2.75) is 75.9 Å². The summed E-state index contributed by atoms with van der Waals surface area (Å²) in [6.07, 6.45) is 4.33. The fourth-order valence-corrected chi connectivity index (χ4v) is 11.9. The number of rotatable bonds is 8. The first kappa shape index (κ1) is 28.7. The molecule has 5 aliphatic carbocycles. The van der Waals surface area contributed by atoms with E-state index in [1.54, 1.807) is 38.5 Å². The number of para-hydroxylation sites is 1. The molecule has 1 saturated heterocycles. The van der Waals surface area contributed by atoms with Crippen molar-refractivity contribution >= 4 is 17.6 Å². The van der Waals surface area contributed by atoms with Crippen LogP contribution >= 0.6 is 0 Å². The molecule has 2 N–H and O–H groups in total. The van der Waals surface area contributed by atoms with Gasteiger partial charge in [-0.3, -0.25) is 9.69 Å². The molecule has 1 aliphatic heterocycles. The van der Waals surface area contributed by atoms with Gasteiger partial charge in [0.25, 0.3) is 0 Å². The Hall–Kier alpha value is -2.04. The van der Waals surface area contributed by atoms with E-state index < -0.39 is 11.6 Å². The predicted molar refractivity (Wildman–Crippen MR) is 155 cm³/mol. The molecular formula is C33H46N2O7. The number of likely N-dealkylation sites (tertiary alicyclic amines) is 1. The van der Waals surface area contributed by atoms with E-state index in [-0.39, 0.29) is 70.7 Å². The topological polar surface area (TPSA) is 107 Å². The number of carbonyl (C=O) groups excluding carboxylic acids is 2. The van der Waals surface area contributed by atoms with Crippen LogP contribution < -0.4 is 5.32 Å². The maximum Gasteiger partial charge on any atom is 0.340 e. The quantitative estimate of drug-likeness (QED) is 0.450. The van der Waals surface area contributed by atoms with E-state index in [0.717, 1.165) is 38.8 Å². The molecule has 0 aromatic heterocycles. The molecule has 9 nitrogen and oxygen atoms in total. The molecule has 0 unspecified atom stereocenters. The molecular weight excluding hydrogens is 536 g/mol. The monoisotopic (exact) mass is 582 g/mol. The van der Waals surface area contributed by atoms with E-state index in [2.05, 4.69) is 17.1 Å². The third-order valence-corrected chi connectivity index (χ3v) is 12.9. The number of ether oxygens (including phenoxy) is 4. The first-order valence-corrected chi connectivity index (χ1v) is 15.8. The van der Waals surface area contributed by atoms with Crippen LogP contribution in [0, 0.1) is 40.4 Å². The second-order valence-corrected chi connectivity index (χ2v) is 14.0. The van der Waals surface area contributed by atoms with Gasteiger partial charge in [0, 0.05) is 75.8 Å². The second kappa shape index (κ2) is 9.99. The normalized spacial score (nSPS) is 46.4. The summed E-state index contributed by atoms with van der Waals surface area (Å²) < 4.78 is 24.9. The fraction of sp³-hybridized carbons (Fsp3) is 0.758. The lowest BCUT2D eigenvalue weighted by Crippen LogP contribution is -2.76. The summed E-state index contributed by atoms with van der Waals surface area (Å²) in [5.74, 6) is 0.221. The summed E-state index contributed by atoms with van der Waals surface area (Å²) in [5, 5.41) is 15.6. The van der Waals surface area contributed by atoms with Gasteiger partial charge < -0.3 is 29.4 Å². The standard InChI is InChI=1S/C33H46N2O7/c1-6-35-16-31(17-42-30(37)19-9-7-8-10-23(19)34-18(2)36)12-11-26(40-4)33-21-13-20-24(39-3)15-32(38,27(21)28(20)41-5)22(29(33)35)14-25(31)33/h7-10,20-22,24-29,38H,6,11-17H2,1-5H3,(H,34,36)/t20-,21-,22+,24+,25-,26+,27-,28+,29-,31+,32+,33-/m1/s1. The number of hydrogen-bond acceptors (Lipinski definition) is 8. The SMILES string of the molecule is CCN1C[C@]2(COC(=O)c3ccccc3NC(C)=O)CC[C@H](OC)[C@@]34[C@@H]5C[C@H]6[C@H](OC)[C@@H]5[C@](O)(C[C@@H]6OC)[C@@H](C[C@H]23)[C@@H]14. The Morgan fingerprint density at radius 1 is 1.10 bits per heavy atom. The van der Waals surface area contributed by atoms with Crippen LogP contribution in [0.5, 0.6) is 0 Å². The largest absolute Gasteiger partial charge is 0.461 e. The Morgan fingerprint density at radius 2 is 1.88 bits per heavy atom. The molecule has 7 bridgehead atoms. The number of methoxy groups -OCH3 is 3. The maximum absolute atomic E-state index is 13.6. The highest BCUT2D eigenvalue weighted by Crippen LogP contribution is 2.79. The van der Waals surface area contributed by atoms with Crippen LogP contribution in [0.25, 0.3) is 0 Å². The Balaban J connectivity index is 1.29. The van der Waals surface area contributed by atoms with E-state index in [1.165, 1.54) is 6.92 Å². The van der Waals surface area contributed by atoms with Crippen LogP contribution in [0.3, 0.4) is 0 Å². The third kappa shape index (κ3) is 3.54. The van der Waals surface area contributed by atoms with Crippen molar-refractivity contribution < 1.29 is 33.6 Å². The minimum absolute atomic E-state index is 0.0224. The van der Waals surface area contributed by atoms with Crippen molar-refractivity contribution in [3.8, 4) is 0 Å². The minimum atomic E-state index is -0.873. The Kier molecular flexibility index (Phi) is 6.83. The number of fused-ring (bicyclic) bond motifs is 2. The number of amides is 1. The molecule has 1 spiro atoms. The first-order chi connectivity index (χ1) is 20.2. The lowest BCUT2D eigenvalue weighted by atomic mass is 9.43. The van der Waals surface area contributed by atoms with Crippen molar-refractivity contribution in [2.24, 2.45) is 40.4 Å². The molecule has 1 aromatic rings. The average Bonchev–Trinajstić information content (AvgIpc) is 3.45. The van der Waals surface area contributed by atoms with Crippen LogP contribution in [0.1, 0.15) is 56.3 Å². The van der Waals surface area contributed by atoms with Crippen molar-refractivity contribution in [1.29, 1.82) is 0 Å². The van der Waals surface area contributed by atoms with Crippen molar-refractivity contribution in [3.05, 3.63) is 29.8 Å². The van der Waals surface area contributed by atoms with E-state index >= 15 is 0 Å². The number of aliphatic hydroxyl groups is 1. The highest BCUT2D eigenvalue weighted by atomic mass is 16.5. The zero-order valence-electron chi connectivity index (χ0n) is 25.5. The maximum atomic E-state index is 13.6. The predicted octanol–water partition coefficient (Wildman–Crippen LogP) is 3.35. The van der Waals surface area contributed by atoms with Gasteiger partial charge >= 0.3 is 5.97 Å². The van der Waals surface area contributed by atoms with Gasteiger partial charge in [-0.2, -0.15) is 0 Å². The molecule has 1 aromatic carbocycles. The van der Waals surface area contributed by atoms with E-state index in [4.69, 9.17) is 18.9 Å². The lowest BCUT2D eigenvalue weighted by molar-refractivity contribution is -0.277. The fourth-order valence-electron chi connectivity index (χ4n) is 11.9. The number of esters is 1. The lowest BCUT2D eigenvalue weighted by Gasteiger charge is -2.69. The van der Waals surface area contributed by atoms with Crippen LogP contribution in [0.2, 0.25) is 0 Å². The van der Waals surface area contributed by atoms with Gasteiger partial charge in [0.1, 0.15) is 0 Å². The minimum Gasteiger partial charge on any atom is -0.461 e. The molecule has 42 heavy (non-hydrogen) atoms. The number of anilines is 1. The van der Waals surface area contributed by atoms with Gasteiger partial charge in [-0.15, -0.1) is 0 Å². The van der Waals surface area contributed by atoms with Crippen LogP contribution in [-0.2, 0) is 23.7 Å². The summed E-state index contributed by atoms with van der Waals surface area (Å²) in [7, 11) is 5.43. The van der Waals surface area contributed by atoms with Gasteiger partial charge in [0.15, 0.2) is 0 Å². The number of benzene rings is 1. The number of carbonyl (C=O) groups is 2. The molecule has 230 valence electrons. The molecule has 1 amide bonds. The summed E-state index contributed by atoms with van der Waals surface area (Å²) in [5.41, 5.74) is -0.440. The number of nitrogens with zero attached hydrogens (tertiary/aromatic N) is 1. The van der Waals surface area contributed by atoms with Crippen molar-refractivity contribution in [2.75, 3.05) is 46.3 Å². The summed E-state index contributed by atoms with van der Waals surface area (Å²) in [6.45, 7) is 5.67. The molecule has 5 saturated carbocycles. The van der Waals surface area contributed by atoms with Crippen LogP contribution in [0.15, 0.2) is 24.3 Å². The Bertz CT molecular complexity index is 1260. The van der Waals surface area contributed by atoms with Gasteiger partial charge in [-0.05, 0) is 56.2 Å². The zero-order valence-corrected chi connectivity index (χ0v) is 25.5. The number of nitrogens with one attached hydrogen (secondary N) is 1. The third-order valence-electron chi connectivity index (χ3n) is 12.9. The molecule has 6 aliphatic rings. The average molecular weight is 583 g/mol. The van der Waals surface area contributed by atoms with Gasteiger partial charge in [-0.25, -0.2) is 4.79 Å². The highest BCUT2D eigenvalue weighted by Gasteiger charge is 2.84. The summed E-state index contributed by atoms with van der Waals surface area (Å²) >= 11 is 0. The highest BCUT2D eigenvalue weighted by molar-refractivity contribution is 6.00. The van der Waals surface area contributed by atoms with Gasteiger partial charge in [0.05, 0.1) is 41.8 Å². The van der Waals surface area contributed by atoms with E-state index in [9.17, 15) is 14.7 Å². The van der Waals surface area contributed by atoms with Crippen LogP contribution in [0.4, 0.5) is 5.69 Å². The molecule has 1 heterocycles. The summed E-state index contributed by atoms with van der Waals surface area (Å²) in [6, 6.07) is 7.24. The van der Waals surface area contributed by atoms with Crippen molar-refractivity contribution in [1.82, 2.24) is 4.90 Å². The summed E-state index contributed by atoms with van der Waals surface area (Å²) in [4.78, 5) is 27.9. The van der Waals surface area contributed by atoms with Crippen molar-refractivity contribution in [3.63, 3.8) is 0 Å². The second-order valence-electron chi connectivity index (χ2n) is 14.0. The number of piperidine rings is 1. The smallest absolute Gasteiger partial charge is 0.340 e. The zero-order chi connectivity index (χ0) is 29.6. The Morgan fingerprint density at radius 3 is 2.57 bits per heavy atom. The molecule has 0 radical (unpaired) electrons. The molecule has 9 heteroatoms. The molecule has 7 rings (SSSR count). The molecule has 12 atom stereocenters. The van der Waals surface area contributed by atoms with Gasteiger partial charge in [0.2, 0.25) is 5.91 Å². The van der Waals surface area contributed by atoms with E-state index in [1.807, 2.05) is 7.11 Å².